The minimum atomic E-state index is -1.86. The SMILES string of the molecule is C/C(=C/C(C)(C)C)P(O)O. The van der Waals surface area contributed by atoms with Crippen LogP contribution in [0.5, 0.6) is 0 Å². The van der Waals surface area contributed by atoms with Gasteiger partial charge >= 0.3 is 0 Å². The van der Waals surface area contributed by atoms with E-state index in [0.717, 1.165) is 0 Å². The van der Waals surface area contributed by atoms with Crippen molar-refractivity contribution in [1.82, 2.24) is 0 Å². The van der Waals surface area contributed by atoms with Gasteiger partial charge in [-0.25, -0.2) is 0 Å². The van der Waals surface area contributed by atoms with E-state index in [1.165, 1.54) is 0 Å². The standard InChI is InChI=1S/C7H15O2P/c1-6(10(8)9)5-7(2,3)4/h5,8-9H,1-4H3/b6-5-. The van der Waals surface area contributed by atoms with E-state index in [2.05, 4.69) is 0 Å². The third kappa shape index (κ3) is 4.92. The Bertz CT molecular complexity index is 133. The first-order valence-corrected chi connectivity index (χ1v) is 4.45. The summed E-state index contributed by atoms with van der Waals surface area (Å²) < 4.78 is 0. The first-order valence-electron chi connectivity index (χ1n) is 3.20. The summed E-state index contributed by atoms with van der Waals surface area (Å²) in [5.41, 5.74) is 0.0378. The van der Waals surface area contributed by atoms with E-state index in [9.17, 15) is 0 Å². The minimum Gasteiger partial charge on any atom is -0.347 e. The normalized spacial score (nSPS) is 14.5. The van der Waals surface area contributed by atoms with Gasteiger partial charge in [0, 0.05) is 5.31 Å². The summed E-state index contributed by atoms with van der Waals surface area (Å²) in [7, 11) is -1.86. The van der Waals surface area contributed by atoms with Gasteiger partial charge in [0.15, 0.2) is 8.38 Å². The Labute approximate surface area is 63.5 Å². The second-order valence-corrected chi connectivity index (χ2v) is 4.73. The van der Waals surface area contributed by atoms with Crippen molar-refractivity contribution in [2.75, 3.05) is 0 Å². The molecule has 0 saturated carbocycles. The Morgan fingerprint density at radius 2 is 1.70 bits per heavy atom. The zero-order valence-electron chi connectivity index (χ0n) is 6.92. The van der Waals surface area contributed by atoms with E-state index in [1.54, 1.807) is 6.92 Å². The van der Waals surface area contributed by atoms with Crippen LogP contribution in [0.4, 0.5) is 0 Å². The monoisotopic (exact) mass is 162 g/mol. The molecule has 0 aromatic carbocycles. The van der Waals surface area contributed by atoms with Crippen molar-refractivity contribution in [3.8, 4) is 0 Å². The lowest BCUT2D eigenvalue weighted by Crippen LogP contribution is -1.99. The van der Waals surface area contributed by atoms with Crippen LogP contribution in [0, 0.1) is 5.41 Å². The fourth-order valence-corrected chi connectivity index (χ4v) is 1.19. The first kappa shape index (κ1) is 10.1. The van der Waals surface area contributed by atoms with E-state index in [4.69, 9.17) is 9.79 Å². The third-order valence-corrected chi connectivity index (χ3v) is 1.72. The summed E-state index contributed by atoms with van der Waals surface area (Å²) in [5, 5.41) is 0.669. The fourth-order valence-electron chi connectivity index (χ4n) is 0.684. The van der Waals surface area contributed by atoms with Crippen LogP contribution in [-0.2, 0) is 0 Å². The van der Waals surface area contributed by atoms with Gasteiger partial charge in [-0.3, -0.25) is 0 Å². The predicted octanol–water partition coefficient (Wildman–Crippen LogP) is 2.23. The molecule has 0 rings (SSSR count). The third-order valence-electron chi connectivity index (χ3n) is 0.957. The van der Waals surface area contributed by atoms with Crippen LogP contribution in [0.1, 0.15) is 27.7 Å². The average molecular weight is 162 g/mol. The van der Waals surface area contributed by atoms with E-state index in [0.29, 0.717) is 5.31 Å². The number of allylic oxidation sites excluding steroid dienone is 2. The lowest BCUT2D eigenvalue weighted by molar-refractivity contribution is 0.487. The van der Waals surface area contributed by atoms with Gasteiger partial charge in [0.1, 0.15) is 0 Å². The molecule has 0 amide bonds. The molecule has 2 nitrogen and oxygen atoms in total. The van der Waals surface area contributed by atoms with Crippen molar-refractivity contribution in [3.63, 3.8) is 0 Å². The van der Waals surface area contributed by atoms with Crippen molar-refractivity contribution in [2.24, 2.45) is 5.41 Å². The maximum absolute atomic E-state index is 8.74. The summed E-state index contributed by atoms with van der Waals surface area (Å²) >= 11 is 0. The summed E-state index contributed by atoms with van der Waals surface area (Å²) in [6.07, 6.45) is 1.87. The van der Waals surface area contributed by atoms with Crippen LogP contribution < -0.4 is 0 Å². The molecule has 0 unspecified atom stereocenters. The zero-order valence-corrected chi connectivity index (χ0v) is 7.81. The Kier molecular flexibility index (Phi) is 3.50. The maximum Gasteiger partial charge on any atom is 0.194 e. The predicted molar refractivity (Wildman–Crippen MR) is 44.6 cm³/mol. The van der Waals surface area contributed by atoms with Crippen molar-refractivity contribution in [3.05, 3.63) is 11.4 Å². The van der Waals surface area contributed by atoms with Crippen LogP contribution in [0.3, 0.4) is 0 Å². The highest BCUT2D eigenvalue weighted by Gasteiger charge is 2.09. The second-order valence-electron chi connectivity index (χ2n) is 3.44. The molecule has 60 valence electrons. The Morgan fingerprint density at radius 1 is 1.30 bits per heavy atom. The molecule has 0 saturated heterocycles. The summed E-state index contributed by atoms with van der Waals surface area (Å²) in [4.78, 5) is 17.5. The fraction of sp³-hybridized carbons (Fsp3) is 0.714. The highest BCUT2D eigenvalue weighted by molar-refractivity contribution is 7.49. The molecule has 0 radical (unpaired) electrons. The largest absolute Gasteiger partial charge is 0.347 e. The molecule has 0 bridgehead atoms. The number of rotatable bonds is 1. The summed E-state index contributed by atoms with van der Waals surface area (Å²) in [6, 6.07) is 0. The van der Waals surface area contributed by atoms with E-state index in [1.807, 2.05) is 26.8 Å². The quantitative estimate of drug-likeness (QED) is 0.580. The minimum absolute atomic E-state index is 0.0378. The molecule has 0 fully saturated rings. The van der Waals surface area contributed by atoms with Crippen molar-refractivity contribution in [1.29, 1.82) is 0 Å². The smallest absolute Gasteiger partial charge is 0.194 e. The molecule has 0 aromatic rings. The molecule has 10 heavy (non-hydrogen) atoms. The van der Waals surface area contributed by atoms with Crippen molar-refractivity contribution >= 4 is 8.38 Å². The lowest BCUT2D eigenvalue weighted by Gasteiger charge is -2.14. The number of hydrogen-bond donors (Lipinski definition) is 2. The van der Waals surface area contributed by atoms with Crippen LogP contribution in [0.2, 0.25) is 0 Å². The Morgan fingerprint density at radius 3 is 1.80 bits per heavy atom. The highest BCUT2D eigenvalue weighted by atomic mass is 31.2. The molecule has 0 aromatic heterocycles. The van der Waals surface area contributed by atoms with Crippen LogP contribution in [0.15, 0.2) is 11.4 Å². The van der Waals surface area contributed by atoms with E-state index in [-0.39, 0.29) is 5.41 Å². The van der Waals surface area contributed by atoms with Crippen LogP contribution >= 0.6 is 8.38 Å². The molecular formula is C7H15O2P. The average Bonchev–Trinajstić information content (AvgIpc) is 1.60. The molecule has 0 heterocycles. The van der Waals surface area contributed by atoms with E-state index >= 15 is 0 Å². The molecule has 3 heteroatoms. The van der Waals surface area contributed by atoms with Gasteiger partial charge < -0.3 is 9.79 Å². The van der Waals surface area contributed by atoms with Gasteiger partial charge in [0.25, 0.3) is 0 Å². The molecular weight excluding hydrogens is 147 g/mol. The van der Waals surface area contributed by atoms with Gasteiger partial charge in [0.05, 0.1) is 0 Å². The van der Waals surface area contributed by atoms with Crippen LogP contribution in [-0.4, -0.2) is 9.79 Å². The zero-order chi connectivity index (χ0) is 8.36. The van der Waals surface area contributed by atoms with Crippen molar-refractivity contribution in [2.45, 2.75) is 27.7 Å². The number of hydrogen-bond acceptors (Lipinski definition) is 2. The summed E-state index contributed by atoms with van der Waals surface area (Å²) in [5.74, 6) is 0. The molecule has 0 aliphatic heterocycles. The van der Waals surface area contributed by atoms with Gasteiger partial charge in [0.2, 0.25) is 0 Å². The molecule has 0 spiro atoms. The van der Waals surface area contributed by atoms with Gasteiger partial charge in [-0.15, -0.1) is 0 Å². The highest BCUT2D eigenvalue weighted by Crippen LogP contribution is 2.37. The van der Waals surface area contributed by atoms with Crippen molar-refractivity contribution < 1.29 is 9.79 Å². The molecule has 0 atom stereocenters. The first-order chi connectivity index (χ1) is 4.33. The molecule has 0 aliphatic carbocycles. The van der Waals surface area contributed by atoms with Gasteiger partial charge in [-0.2, -0.15) is 0 Å². The van der Waals surface area contributed by atoms with Gasteiger partial charge in [-0.05, 0) is 12.3 Å². The maximum atomic E-state index is 8.74. The molecule has 2 N–H and O–H groups in total. The Balaban J connectivity index is 4.17. The topological polar surface area (TPSA) is 40.5 Å². The molecule has 0 aliphatic rings. The second kappa shape index (κ2) is 3.47. The van der Waals surface area contributed by atoms with Gasteiger partial charge in [-0.1, -0.05) is 26.8 Å². The summed E-state index contributed by atoms with van der Waals surface area (Å²) in [6.45, 7) is 7.80. The Hall–Kier alpha value is 0.0900. The van der Waals surface area contributed by atoms with Crippen LogP contribution in [0.25, 0.3) is 0 Å². The van der Waals surface area contributed by atoms with E-state index < -0.39 is 8.38 Å². The lowest BCUT2D eigenvalue weighted by atomic mass is 9.96.